The predicted molar refractivity (Wildman–Crippen MR) is 116 cm³/mol. The Morgan fingerprint density at radius 2 is 1.38 bits per heavy atom. The number of hydrogen-bond acceptors (Lipinski definition) is 4. The summed E-state index contributed by atoms with van der Waals surface area (Å²) in [7, 11) is 5.62. The van der Waals surface area contributed by atoms with E-state index in [0.29, 0.717) is 17.9 Å². The summed E-state index contributed by atoms with van der Waals surface area (Å²) in [5.41, 5.74) is 2.16. The Labute approximate surface area is 172 Å². The van der Waals surface area contributed by atoms with Gasteiger partial charge >= 0.3 is 0 Å². The fourth-order valence-corrected chi connectivity index (χ4v) is 2.86. The molecule has 0 saturated heterocycles. The van der Waals surface area contributed by atoms with E-state index in [1.807, 2.05) is 68.7 Å². The number of amides is 1. The van der Waals surface area contributed by atoms with E-state index in [1.165, 1.54) is 0 Å². The van der Waals surface area contributed by atoms with Crippen molar-refractivity contribution in [2.24, 2.45) is 0 Å². The Bertz CT molecular complexity index is 907. The number of likely N-dealkylation sites (N-methyl/N-ethyl adjacent to an activating group) is 1. The predicted octanol–water partition coefficient (Wildman–Crippen LogP) is 4.61. The number of ether oxygens (including phenoxy) is 2. The van der Waals surface area contributed by atoms with Gasteiger partial charge in [-0.1, -0.05) is 18.2 Å². The lowest BCUT2D eigenvalue weighted by atomic mass is 10.1. The normalized spacial score (nSPS) is 10.6. The van der Waals surface area contributed by atoms with E-state index in [1.54, 1.807) is 36.3 Å². The molecule has 0 unspecified atom stereocenters. The molecule has 29 heavy (non-hydrogen) atoms. The zero-order valence-corrected chi connectivity index (χ0v) is 17.0. The van der Waals surface area contributed by atoms with E-state index in [2.05, 4.69) is 4.90 Å². The molecular weight excluding hydrogens is 364 g/mol. The second kappa shape index (κ2) is 9.75. The Hall–Kier alpha value is -3.31. The third kappa shape index (κ3) is 5.36. The van der Waals surface area contributed by atoms with E-state index in [9.17, 15) is 4.79 Å². The molecule has 3 rings (SSSR count). The van der Waals surface area contributed by atoms with Gasteiger partial charge in [-0.25, -0.2) is 0 Å². The molecule has 5 nitrogen and oxygen atoms in total. The highest BCUT2D eigenvalue weighted by molar-refractivity contribution is 6.10. The summed E-state index contributed by atoms with van der Waals surface area (Å²) >= 11 is 0. The lowest BCUT2D eigenvalue weighted by Gasteiger charge is -2.23. The van der Waals surface area contributed by atoms with Crippen LogP contribution >= 0.6 is 0 Å². The summed E-state index contributed by atoms with van der Waals surface area (Å²) in [5, 5.41) is 0. The van der Waals surface area contributed by atoms with Crippen LogP contribution in [0, 0.1) is 0 Å². The molecule has 3 aromatic carbocycles. The van der Waals surface area contributed by atoms with Crippen molar-refractivity contribution in [3.05, 3.63) is 84.4 Å². The number of carbonyl (C=O) groups excluding carboxylic acids is 1. The standard InChI is InChI=1S/C24H26N2O3/c1-25(2)17-18-29-23-15-11-21(12-16-23)26(20-7-5-4-6-8-20)24(27)19-9-13-22(28-3)14-10-19/h4-16H,17-18H2,1-3H3. The number of anilines is 2. The van der Waals surface area contributed by atoms with Crippen molar-refractivity contribution in [1.82, 2.24) is 4.90 Å². The quantitative estimate of drug-likeness (QED) is 0.563. The maximum atomic E-state index is 13.3. The van der Waals surface area contributed by atoms with Gasteiger partial charge in [0.15, 0.2) is 0 Å². The smallest absolute Gasteiger partial charge is 0.262 e. The van der Waals surface area contributed by atoms with Crippen molar-refractivity contribution in [3.8, 4) is 11.5 Å². The van der Waals surface area contributed by atoms with Crippen LogP contribution in [0.25, 0.3) is 0 Å². The molecule has 0 aliphatic rings. The van der Waals surface area contributed by atoms with Crippen molar-refractivity contribution in [1.29, 1.82) is 0 Å². The van der Waals surface area contributed by atoms with E-state index in [0.717, 1.165) is 23.7 Å². The molecule has 0 atom stereocenters. The molecule has 1 amide bonds. The Kier molecular flexibility index (Phi) is 6.87. The van der Waals surface area contributed by atoms with E-state index in [-0.39, 0.29) is 5.91 Å². The van der Waals surface area contributed by atoms with Crippen LogP contribution in [0.15, 0.2) is 78.9 Å². The van der Waals surface area contributed by atoms with Crippen molar-refractivity contribution in [2.45, 2.75) is 0 Å². The second-order valence-corrected chi connectivity index (χ2v) is 6.85. The molecule has 0 aliphatic heterocycles. The third-order valence-corrected chi connectivity index (χ3v) is 4.46. The Balaban J connectivity index is 1.87. The van der Waals surface area contributed by atoms with E-state index in [4.69, 9.17) is 9.47 Å². The summed E-state index contributed by atoms with van der Waals surface area (Å²) in [6, 6.07) is 24.3. The number of rotatable bonds is 8. The molecule has 0 bridgehead atoms. The minimum absolute atomic E-state index is 0.111. The molecule has 0 heterocycles. The van der Waals surface area contributed by atoms with Crippen molar-refractivity contribution < 1.29 is 14.3 Å². The summed E-state index contributed by atoms with van der Waals surface area (Å²) in [4.78, 5) is 17.1. The van der Waals surface area contributed by atoms with Crippen LogP contribution in [0.1, 0.15) is 10.4 Å². The van der Waals surface area contributed by atoms with Crippen LogP contribution < -0.4 is 14.4 Å². The molecule has 5 heteroatoms. The largest absolute Gasteiger partial charge is 0.497 e. The molecule has 3 aromatic rings. The Morgan fingerprint density at radius 1 is 0.793 bits per heavy atom. The zero-order valence-electron chi connectivity index (χ0n) is 17.0. The Morgan fingerprint density at radius 3 is 1.97 bits per heavy atom. The van der Waals surface area contributed by atoms with Crippen molar-refractivity contribution in [2.75, 3.05) is 39.3 Å². The molecule has 0 saturated carbocycles. The zero-order chi connectivity index (χ0) is 20.6. The third-order valence-electron chi connectivity index (χ3n) is 4.46. The highest BCUT2D eigenvalue weighted by Crippen LogP contribution is 2.29. The topological polar surface area (TPSA) is 42.0 Å². The first-order chi connectivity index (χ1) is 14.1. The molecule has 0 spiro atoms. The van der Waals surface area contributed by atoms with Gasteiger partial charge in [0.2, 0.25) is 0 Å². The van der Waals surface area contributed by atoms with Crippen LogP contribution in [-0.2, 0) is 0 Å². The number of benzene rings is 3. The van der Waals surface area contributed by atoms with Gasteiger partial charge in [-0.2, -0.15) is 0 Å². The van der Waals surface area contributed by atoms with Crippen LogP contribution in [0.3, 0.4) is 0 Å². The minimum Gasteiger partial charge on any atom is -0.497 e. The summed E-state index contributed by atoms with van der Waals surface area (Å²) in [5.74, 6) is 1.38. The van der Waals surface area contributed by atoms with Crippen molar-refractivity contribution in [3.63, 3.8) is 0 Å². The average molecular weight is 390 g/mol. The number of nitrogens with zero attached hydrogens (tertiary/aromatic N) is 2. The van der Waals surface area contributed by atoms with Gasteiger partial charge < -0.3 is 14.4 Å². The highest BCUT2D eigenvalue weighted by atomic mass is 16.5. The molecule has 0 N–H and O–H groups in total. The molecule has 150 valence electrons. The number of methoxy groups -OCH3 is 1. The van der Waals surface area contributed by atoms with Crippen molar-refractivity contribution >= 4 is 17.3 Å². The average Bonchev–Trinajstić information content (AvgIpc) is 2.75. The minimum atomic E-state index is -0.111. The van der Waals surface area contributed by atoms with Gasteiger partial charge in [0.05, 0.1) is 7.11 Å². The molecule has 0 aliphatic carbocycles. The van der Waals surface area contributed by atoms with Crippen LogP contribution in [0.2, 0.25) is 0 Å². The molecule has 0 radical (unpaired) electrons. The summed E-state index contributed by atoms with van der Waals surface area (Å²) in [6.45, 7) is 1.45. The van der Waals surface area contributed by atoms with Gasteiger partial charge in [-0.3, -0.25) is 9.69 Å². The fraction of sp³-hybridized carbons (Fsp3) is 0.208. The van der Waals surface area contributed by atoms with E-state index >= 15 is 0 Å². The molecular formula is C24H26N2O3. The lowest BCUT2D eigenvalue weighted by molar-refractivity contribution is 0.0999. The highest BCUT2D eigenvalue weighted by Gasteiger charge is 2.20. The number of hydrogen-bond donors (Lipinski definition) is 0. The van der Waals surface area contributed by atoms with Gasteiger partial charge in [-0.05, 0) is 74.8 Å². The first-order valence-corrected chi connectivity index (χ1v) is 9.49. The first kappa shape index (κ1) is 20.4. The van der Waals surface area contributed by atoms with E-state index < -0.39 is 0 Å². The maximum Gasteiger partial charge on any atom is 0.262 e. The van der Waals surface area contributed by atoms with Gasteiger partial charge in [0.25, 0.3) is 5.91 Å². The van der Waals surface area contributed by atoms with Crippen LogP contribution in [0.5, 0.6) is 11.5 Å². The monoisotopic (exact) mass is 390 g/mol. The molecule has 0 fully saturated rings. The fourth-order valence-electron chi connectivity index (χ4n) is 2.86. The SMILES string of the molecule is COc1ccc(C(=O)N(c2ccccc2)c2ccc(OCCN(C)C)cc2)cc1. The lowest BCUT2D eigenvalue weighted by Crippen LogP contribution is -2.25. The summed E-state index contributed by atoms with van der Waals surface area (Å²) in [6.07, 6.45) is 0. The first-order valence-electron chi connectivity index (χ1n) is 9.49. The summed E-state index contributed by atoms with van der Waals surface area (Å²) < 4.78 is 11.0. The maximum absolute atomic E-state index is 13.3. The number of carbonyl (C=O) groups is 1. The van der Waals surface area contributed by atoms with Gasteiger partial charge in [0.1, 0.15) is 18.1 Å². The van der Waals surface area contributed by atoms with Crippen LogP contribution in [-0.4, -0.2) is 45.2 Å². The van der Waals surface area contributed by atoms with Gasteiger partial charge in [-0.15, -0.1) is 0 Å². The second-order valence-electron chi connectivity index (χ2n) is 6.85. The molecule has 0 aromatic heterocycles. The van der Waals surface area contributed by atoms with Crippen LogP contribution in [0.4, 0.5) is 11.4 Å². The number of para-hydroxylation sites is 1. The van der Waals surface area contributed by atoms with Gasteiger partial charge in [0, 0.05) is 23.5 Å².